The first kappa shape index (κ1) is 30.2. The van der Waals surface area contributed by atoms with Gasteiger partial charge >= 0.3 is 5.97 Å². The van der Waals surface area contributed by atoms with Gasteiger partial charge in [-0.15, -0.1) is 0 Å². The fraction of sp³-hybridized carbons (Fsp3) is 0.625. The van der Waals surface area contributed by atoms with E-state index in [9.17, 15) is 9.59 Å². The zero-order chi connectivity index (χ0) is 25.4. The summed E-state index contributed by atoms with van der Waals surface area (Å²) in [7, 11) is 3.22. The maximum absolute atomic E-state index is 13.0. The molecule has 0 saturated carbocycles. The van der Waals surface area contributed by atoms with Gasteiger partial charge in [0.2, 0.25) is 5.91 Å². The van der Waals surface area contributed by atoms with Gasteiger partial charge in [0.15, 0.2) is 11.5 Å². The molecule has 2 unspecified atom stereocenters. The number of carboxylic acid groups (broad SMARTS) is 1. The SMILES string of the molecule is CC.CCCC(NC(C)C(=O)N1CCc2cc(OC)c(OC)cc2C1)C(=O)OCC.O=CO. The number of nitrogens with one attached hydrogen (secondary N) is 1. The van der Waals surface area contributed by atoms with E-state index >= 15 is 0 Å². The van der Waals surface area contributed by atoms with Gasteiger partial charge in [-0.05, 0) is 49.9 Å². The molecule has 1 aromatic rings. The Bertz CT molecular complexity index is 740. The summed E-state index contributed by atoms with van der Waals surface area (Å²) >= 11 is 0. The standard InChI is InChI=1S/C21H32N2O5.C2H6.CH2O2/c1-6-8-17(21(25)28-7-2)22-14(3)20(24)23-10-9-15-11-18(26-4)19(27-5)12-16(15)13-23;1-2;2-1-3/h11-12,14,17,22H,6-10,13H2,1-5H3;1-2H3;1H,(H,2,3). The number of carbonyl (C=O) groups excluding carboxylic acids is 2. The van der Waals surface area contributed by atoms with Crippen LogP contribution in [0.5, 0.6) is 11.5 Å². The summed E-state index contributed by atoms with van der Waals surface area (Å²) < 4.78 is 15.9. The van der Waals surface area contributed by atoms with Crippen molar-refractivity contribution >= 4 is 18.3 Å². The number of hydrogen-bond donors (Lipinski definition) is 2. The van der Waals surface area contributed by atoms with Crippen LogP contribution in [0.2, 0.25) is 0 Å². The topological polar surface area (TPSA) is 114 Å². The van der Waals surface area contributed by atoms with Crippen LogP contribution in [-0.4, -0.2) is 67.8 Å². The number of methoxy groups -OCH3 is 2. The minimum absolute atomic E-state index is 0.0224. The van der Waals surface area contributed by atoms with E-state index in [0.29, 0.717) is 37.6 Å². The third-order valence-electron chi connectivity index (χ3n) is 5.00. The number of carbonyl (C=O) groups is 3. The van der Waals surface area contributed by atoms with E-state index in [0.717, 1.165) is 24.0 Å². The van der Waals surface area contributed by atoms with Crippen molar-refractivity contribution in [3.63, 3.8) is 0 Å². The van der Waals surface area contributed by atoms with Crippen LogP contribution in [-0.2, 0) is 32.1 Å². The highest BCUT2D eigenvalue weighted by Crippen LogP contribution is 2.33. The van der Waals surface area contributed by atoms with Gasteiger partial charge in [0.05, 0.1) is 26.9 Å². The number of nitrogens with zero attached hydrogens (tertiary/aromatic N) is 1. The molecule has 0 saturated heterocycles. The monoisotopic (exact) mass is 468 g/mol. The van der Waals surface area contributed by atoms with Crippen LogP contribution >= 0.6 is 0 Å². The maximum Gasteiger partial charge on any atom is 0.323 e. The van der Waals surface area contributed by atoms with E-state index < -0.39 is 12.1 Å². The third kappa shape index (κ3) is 9.29. The number of ether oxygens (including phenoxy) is 3. The first-order valence-electron chi connectivity index (χ1n) is 11.4. The first-order valence-corrected chi connectivity index (χ1v) is 11.4. The Kier molecular flexibility index (Phi) is 15.3. The molecular weight excluding hydrogens is 428 g/mol. The van der Waals surface area contributed by atoms with Gasteiger partial charge in [-0.3, -0.25) is 19.7 Å². The van der Waals surface area contributed by atoms with Crippen molar-refractivity contribution in [2.45, 2.75) is 72.5 Å². The van der Waals surface area contributed by atoms with Crippen LogP contribution in [0.3, 0.4) is 0 Å². The van der Waals surface area contributed by atoms with E-state index in [2.05, 4.69) is 5.32 Å². The number of hydrogen-bond acceptors (Lipinski definition) is 7. The molecule has 0 bridgehead atoms. The van der Waals surface area contributed by atoms with Gasteiger partial charge in [-0.25, -0.2) is 0 Å². The van der Waals surface area contributed by atoms with Crippen molar-refractivity contribution < 1.29 is 33.7 Å². The molecule has 1 heterocycles. The molecule has 33 heavy (non-hydrogen) atoms. The van der Waals surface area contributed by atoms with Crippen LogP contribution in [0.1, 0.15) is 58.6 Å². The molecule has 2 N–H and O–H groups in total. The molecule has 1 aliphatic heterocycles. The molecule has 0 aliphatic carbocycles. The smallest absolute Gasteiger partial charge is 0.323 e. The molecule has 0 radical (unpaired) electrons. The fourth-order valence-electron chi connectivity index (χ4n) is 3.52. The maximum atomic E-state index is 13.0. The van der Waals surface area contributed by atoms with Gasteiger partial charge in [-0.1, -0.05) is 27.2 Å². The van der Waals surface area contributed by atoms with Gasteiger partial charge < -0.3 is 24.2 Å². The summed E-state index contributed by atoms with van der Waals surface area (Å²) in [6.07, 6.45) is 2.22. The minimum Gasteiger partial charge on any atom is -0.493 e. The molecule has 0 spiro atoms. The molecule has 2 atom stereocenters. The lowest BCUT2D eigenvalue weighted by Gasteiger charge is -2.32. The highest BCUT2D eigenvalue weighted by Gasteiger charge is 2.29. The molecule has 9 heteroatoms. The minimum atomic E-state index is -0.470. The van der Waals surface area contributed by atoms with Crippen LogP contribution in [0, 0.1) is 0 Å². The molecule has 9 nitrogen and oxygen atoms in total. The average molecular weight is 469 g/mol. The summed E-state index contributed by atoms with van der Waals surface area (Å²) in [5.74, 6) is 1.04. The first-order chi connectivity index (χ1) is 15.9. The van der Waals surface area contributed by atoms with Crippen molar-refractivity contribution in [3.8, 4) is 11.5 Å². The molecule has 1 aromatic carbocycles. The summed E-state index contributed by atoms with van der Waals surface area (Å²) in [6.45, 7) is 10.8. The predicted molar refractivity (Wildman–Crippen MR) is 127 cm³/mol. The number of amides is 1. The molecule has 1 aliphatic rings. The fourth-order valence-corrected chi connectivity index (χ4v) is 3.52. The van der Waals surface area contributed by atoms with Gasteiger partial charge in [-0.2, -0.15) is 0 Å². The van der Waals surface area contributed by atoms with Crippen molar-refractivity contribution in [2.75, 3.05) is 27.4 Å². The summed E-state index contributed by atoms with van der Waals surface area (Å²) in [6, 6.07) is 2.98. The molecular formula is C24H40N2O7. The van der Waals surface area contributed by atoms with Crippen molar-refractivity contribution in [2.24, 2.45) is 0 Å². The summed E-state index contributed by atoms with van der Waals surface area (Å²) in [5, 5.41) is 10.0. The van der Waals surface area contributed by atoms with Crippen molar-refractivity contribution in [1.82, 2.24) is 10.2 Å². The molecule has 1 amide bonds. The van der Waals surface area contributed by atoms with Gasteiger partial charge in [0.1, 0.15) is 6.04 Å². The zero-order valence-electron chi connectivity index (χ0n) is 21.0. The highest BCUT2D eigenvalue weighted by atomic mass is 16.5. The average Bonchev–Trinajstić information content (AvgIpc) is 2.83. The summed E-state index contributed by atoms with van der Waals surface area (Å²) in [4.78, 5) is 35.3. The van der Waals surface area contributed by atoms with Crippen molar-refractivity contribution in [3.05, 3.63) is 23.3 Å². The van der Waals surface area contributed by atoms with Crippen molar-refractivity contribution in [1.29, 1.82) is 0 Å². The molecule has 188 valence electrons. The quantitative estimate of drug-likeness (QED) is 0.420. The lowest BCUT2D eigenvalue weighted by Crippen LogP contribution is -2.51. The predicted octanol–water partition coefficient (Wildman–Crippen LogP) is 3.03. The lowest BCUT2D eigenvalue weighted by atomic mass is 9.98. The molecule has 0 fully saturated rings. The largest absolute Gasteiger partial charge is 0.493 e. The van der Waals surface area contributed by atoms with Crippen LogP contribution in [0.25, 0.3) is 0 Å². The van der Waals surface area contributed by atoms with Crippen LogP contribution < -0.4 is 14.8 Å². The number of benzene rings is 1. The van der Waals surface area contributed by atoms with E-state index in [-0.39, 0.29) is 18.3 Å². The second-order valence-electron chi connectivity index (χ2n) is 7.07. The Hall–Kier alpha value is -2.81. The Morgan fingerprint density at radius 3 is 2.18 bits per heavy atom. The van der Waals surface area contributed by atoms with Crippen LogP contribution in [0.15, 0.2) is 12.1 Å². The van der Waals surface area contributed by atoms with E-state index in [4.69, 9.17) is 24.1 Å². The Balaban J connectivity index is 0.00000189. The van der Waals surface area contributed by atoms with Crippen LogP contribution in [0.4, 0.5) is 0 Å². The zero-order valence-corrected chi connectivity index (χ0v) is 21.0. The van der Waals surface area contributed by atoms with E-state index in [1.165, 1.54) is 0 Å². The lowest BCUT2D eigenvalue weighted by molar-refractivity contribution is -0.146. The van der Waals surface area contributed by atoms with Gasteiger partial charge in [0, 0.05) is 13.1 Å². The summed E-state index contributed by atoms with van der Waals surface area (Å²) in [5.41, 5.74) is 2.22. The van der Waals surface area contributed by atoms with E-state index in [1.54, 1.807) is 28.1 Å². The molecule has 2 rings (SSSR count). The normalized spacial score (nSPS) is 13.6. The van der Waals surface area contributed by atoms with Gasteiger partial charge in [0.25, 0.3) is 6.47 Å². The number of esters is 1. The van der Waals surface area contributed by atoms with E-state index in [1.807, 2.05) is 37.8 Å². The third-order valence-corrected chi connectivity index (χ3v) is 5.00. The number of fused-ring (bicyclic) bond motifs is 1. The number of rotatable bonds is 9. The second kappa shape index (κ2) is 16.8. The molecule has 0 aromatic heterocycles. The second-order valence-corrected chi connectivity index (χ2v) is 7.07. The Morgan fingerprint density at radius 2 is 1.70 bits per heavy atom. The Labute approximate surface area is 197 Å². The Morgan fingerprint density at radius 1 is 1.15 bits per heavy atom. The highest BCUT2D eigenvalue weighted by molar-refractivity contribution is 5.83.